The first-order valence-electron chi connectivity index (χ1n) is 10.4. The topological polar surface area (TPSA) is 136 Å². The second-order valence-corrected chi connectivity index (χ2v) is 12.3. The Morgan fingerprint density at radius 2 is 1.78 bits per heavy atom. The molecule has 0 spiro atoms. The lowest BCUT2D eigenvalue weighted by molar-refractivity contribution is -0.133. The minimum absolute atomic E-state index is 0.0348. The van der Waals surface area contributed by atoms with Gasteiger partial charge < -0.3 is 25.4 Å². The van der Waals surface area contributed by atoms with Crippen molar-refractivity contribution in [2.24, 2.45) is 16.6 Å². The summed E-state index contributed by atoms with van der Waals surface area (Å²) in [6, 6.07) is 7.66. The van der Waals surface area contributed by atoms with Gasteiger partial charge in [-0.1, -0.05) is 24.9 Å². The maximum Gasteiger partial charge on any atom is 0.278 e. The van der Waals surface area contributed by atoms with Crippen LogP contribution in [0.15, 0.2) is 24.3 Å². The van der Waals surface area contributed by atoms with E-state index in [-0.39, 0.29) is 36.2 Å². The number of likely N-dealkylation sites (tertiary alicyclic amines) is 1. The number of halogens is 1. The average Bonchev–Trinajstić information content (AvgIpc) is 3.11. The van der Waals surface area contributed by atoms with Crippen molar-refractivity contribution >= 4 is 38.2 Å². The van der Waals surface area contributed by atoms with Crippen molar-refractivity contribution in [3.05, 3.63) is 24.3 Å². The maximum absolute atomic E-state index is 14.5. The molecule has 0 saturated carbocycles. The van der Waals surface area contributed by atoms with Gasteiger partial charge in [0.2, 0.25) is 0 Å². The minimum atomic E-state index is -4.21. The first-order chi connectivity index (χ1) is 14.9. The quantitative estimate of drug-likeness (QED) is 0.474. The standard InChI is InChI=1S/C20H31FN4O5S2/c1-19-11-24(16-5-3-15(4-6-16)23-8-9-31(27)28)12-20(19,2)14-25(13-19)18(26)17(21)32(29,30)10-7-22/h3-6,17,23H,7-14,22H2,1-2H3,(H,27,28)/p-1/t17?,19-,20+. The molecule has 0 aromatic heterocycles. The number of alkyl halides is 1. The van der Waals surface area contributed by atoms with Crippen molar-refractivity contribution in [2.45, 2.75) is 19.4 Å². The molecule has 12 heteroatoms. The zero-order valence-corrected chi connectivity index (χ0v) is 19.9. The van der Waals surface area contributed by atoms with Gasteiger partial charge in [0.05, 0.1) is 5.75 Å². The molecule has 0 aliphatic carbocycles. The molecule has 2 aliphatic rings. The van der Waals surface area contributed by atoms with E-state index in [9.17, 15) is 26.4 Å². The Bertz CT molecular complexity index is 957. The zero-order valence-electron chi connectivity index (χ0n) is 18.3. The third kappa shape index (κ3) is 4.92. The van der Waals surface area contributed by atoms with Crippen molar-refractivity contribution in [3.63, 3.8) is 0 Å². The highest BCUT2D eigenvalue weighted by atomic mass is 32.2. The van der Waals surface area contributed by atoms with Crippen LogP contribution in [0, 0.1) is 10.8 Å². The molecule has 1 aromatic rings. The van der Waals surface area contributed by atoms with E-state index in [0.717, 1.165) is 11.4 Å². The average molecular weight is 490 g/mol. The number of sulfone groups is 1. The molecular formula is C20H30FN4O5S2-. The summed E-state index contributed by atoms with van der Waals surface area (Å²) in [5.74, 6) is -1.53. The number of carbonyl (C=O) groups is 1. The molecule has 180 valence electrons. The van der Waals surface area contributed by atoms with Gasteiger partial charge in [-0.2, -0.15) is 0 Å². The SMILES string of the molecule is C[C@@]12CN(C(=O)C(F)S(=O)(=O)CCN)C[C@]1(C)CN(c1ccc(NCCS(=O)[O-])cc1)C2. The van der Waals surface area contributed by atoms with Crippen LogP contribution in [0.25, 0.3) is 0 Å². The number of anilines is 2. The van der Waals surface area contributed by atoms with E-state index >= 15 is 0 Å². The minimum Gasteiger partial charge on any atom is -0.772 e. The predicted octanol–water partition coefficient (Wildman–Crippen LogP) is 0.322. The molecule has 2 saturated heterocycles. The van der Waals surface area contributed by atoms with Crippen molar-refractivity contribution < 1.29 is 26.4 Å². The summed E-state index contributed by atoms with van der Waals surface area (Å²) >= 11 is -2.08. The molecular weight excluding hydrogens is 459 g/mol. The number of hydrogen-bond acceptors (Lipinski definition) is 8. The van der Waals surface area contributed by atoms with Gasteiger partial charge in [0.15, 0.2) is 9.84 Å². The number of hydrogen-bond donors (Lipinski definition) is 2. The first-order valence-corrected chi connectivity index (χ1v) is 13.4. The van der Waals surface area contributed by atoms with Crippen molar-refractivity contribution in [3.8, 4) is 0 Å². The number of nitrogens with zero attached hydrogens (tertiary/aromatic N) is 2. The maximum atomic E-state index is 14.5. The van der Waals surface area contributed by atoms with Gasteiger partial charge in [0.1, 0.15) is 0 Å². The molecule has 2 aliphatic heterocycles. The molecule has 0 radical (unpaired) electrons. The van der Waals surface area contributed by atoms with Gasteiger partial charge in [-0.15, -0.1) is 0 Å². The van der Waals surface area contributed by atoms with Gasteiger partial charge in [0.25, 0.3) is 11.4 Å². The molecule has 1 aromatic carbocycles. The van der Waals surface area contributed by atoms with E-state index in [2.05, 4.69) is 10.2 Å². The molecule has 0 bridgehead atoms. The van der Waals surface area contributed by atoms with E-state index < -0.39 is 38.1 Å². The van der Waals surface area contributed by atoms with Crippen LogP contribution in [0.4, 0.5) is 15.8 Å². The van der Waals surface area contributed by atoms with E-state index in [0.29, 0.717) is 19.6 Å². The Labute approximate surface area is 190 Å². The summed E-state index contributed by atoms with van der Waals surface area (Å²) in [6.07, 6.45) is 0. The van der Waals surface area contributed by atoms with Crippen molar-refractivity contribution in [1.82, 2.24) is 4.90 Å². The Morgan fingerprint density at radius 3 is 2.28 bits per heavy atom. The molecule has 2 heterocycles. The van der Waals surface area contributed by atoms with E-state index in [1.54, 1.807) is 0 Å². The highest BCUT2D eigenvalue weighted by molar-refractivity contribution is 7.92. The number of carbonyl (C=O) groups excluding carboxylic acids is 1. The second kappa shape index (κ2) is 9.24. The van der Waals surface area contributed by atoms with Crippen LogP contribution in [-0.4, -0.2) is 84.3 Å². The summed E-state index contributed by atoms with van der Waals surface area (Å²) < 4.78 is 59.6. The monoisotopic (exact) mass is 489 g/mol. The molecule has 2 fully saturated rings. The lowest BCUT2D eigenvalue weighted by Crippen LogP contribution is -2.43. The van der Waals surface area contributed by atoms with Crippen LogP contribution in [0.5, 0.6) is 0 Å². The van der Waals surface area contributed by atoms with Crippen LogP contribution >= 0.6 is 0 Å². The fraction of sp³-hybridized carbons (Fsp3) is 0.650. The van der Waals surface area contributed by atoms with Crippen LogP contribution in [0.2, 0.25) is 0 Å². The smallest absolute Gasteiger partial charge is 0.278 e. The fourth-order valence-corrected chi connectivity index (χ4v) is 5.89. The number of fused-ring (bicyclic) bond motifs is 1. The molecule has 9 nitrogen and oxygen atoms in total. The lowest BCUT2D eigenvalue weighted by Gasteiger charge is -2.29. The number of amides is 1. The third-order valence-electron chi connectivity index (χ3n) is 6.67. The third-order valence-corrected chi connectivity index (χ3v) is 8.84. The number of nitrogens with two attached hydrogens (primary N) is 1. The normalized spacial score (nSPS) is 27.3. The molecule has 4 atom stereocenters. The van der Waals surface area contributed by atoms with Crippen LogP contribution < -0.4 is 16.0 Å². The van der Waals surface area contributed by atoms with Crippen molar-refractivity contribution in [1.29, 1.82) is 0 Å². The number of nitrogens with one attached hydrogen (secondary N) is 1. The summed E-state index contributed by atoms with van der Waals surface area (Å²) in [5.41, 5.74) is 3.82. The van der Waals surface area contributed by atoms with E-state index in [4.69, 9.17) is 5.73 Å². The van der Waals surface area contributed by atoms with Gasteiger partial charge in [0, 0.05) is 67.2 Å². The van der Waals surface area contributed by atoms with Gasteiger partial charge in [-0.25, -0.2) is 12.8 Å². The van der Waals surface area contributed by atoms with Crippen LogP contribution in [-0.2, 0) is 25.7 Å². The van der Waals surface area contributed by atoms with Crippen LogP contribution in [0.1, 0.15) is 13.8 Å². The number of rotatable bonds is 9. The van der Waals surface area contributed by atoms with Gasteiger partial charge in [-0.05, 0) is 24.3 Å². The number of benzene rings is 1. The van der Waals surface area contributed by atoms with Gasteiger partial charge >= 0.3 is 0 Å². The second-order valence-electron chi connectivity index (χ2n) is 9.12. The summed E-state index contributed by atoms with van der Waals surface area (Å²) in [6.45, 7) is 6.03. The summed E-state index contributed by atoms with van der Waals surface area (Å²) in [5, 5.41) is 3.05. The lowest BCUT2D eigenvalue weighted by atomic mass is 9.71. The molecule has 1 amide bonds. The Balaban J connectivity index is 1.65. The predicted molar refractivity (Wildman–Crippen MR) is 121 cm³/mol. The van der Waals surface area contributed by atoms with Gasteiger partial charge in [-0.3, -0.25) is 9.00 Å². The molecule has 3 rings (SSSR count). The van der Waals surface area contributed by atoms with Crippen molar-refractivity contribution in [2.75, 3.05) is 61.0 Å². The van der Waals surface area contributed by atoms with E-state index in [1.807, 2.05) is 38.1 Å². The largest absolute Gasteiger partial charge is 0.772 e. The first kappa shape index (κ1) is 24.9. The summed E-state index contributed by atoms with van der Waals surface area (Å²) in [7, 11) is -4.21. The Kier molecular flexibility index (Phi) is 7.18. The molecule has 3 N–H and O–H groups in total. The fourth-order valence-electron chi connectivity index (χ4n) is 4.63. The van der Waals surface area contributed by atoms with Crippen LogP contribution in [0.3, 0.4) is 0 Å². The highest BCUT2D eigenvalue weighted by Gasteiger charge is 2.59. The highest BCUT2D eigenvalue weighted by Crippen LogP contribution is 2.52. The molecule has 2 unspecified atom stereocenters. The Hall–Kier alpha value is -1.76. The Morgan fingerprint density at radius 1 is 1.22 bits per heavy atom. The summed E-state index contributed by atoms with van der Waals surface area (Å²) in [4.78, 5) is 16.1. The zero-order chi connectivity index (χ0) is 23.7. The molecule has 32 heavy (non-hydrogen) atoms. The van der Waals surface area contributed by atoms with E-state index in [1.165, 1.54) is 4.90 Å².